The van der Waals surface area contributed by atoms with Gasteiger partial charge in [-0.15, -0.1) is 0 Å². The van der Waals surface area contributed by atoms with Gasteiger partial charge in [-0.25, -0.2) is 0 Å². The van der Waals surface area contributed by atoms with E-state index in [4.69, 9.17) is 4.74 Å². The van der Waals surface area contributed by atoms with Crippen LogP contribution in [0, 0.1) is 0 Å². The molecule has 0 aliphatic carbocycles. The van der Waals surface area contributed by atoms with Gasteiger partial charge in [-0.1, -0.05) is 6.07 Å². The van der Waals surface area contributed by atoms with Crippen LogP contribution in [0.1, 0.15) is 5.56 Å². The first-order valence-corrected chi connectivity index (χ1v) is 4.91. The van der Waals surface area contributed by atoms with Crippen LogP contribution >= 0.6 is 0 Å². The number of methoxy groups -OCH3 is 1. The maximum atomic E-state index is 5.18. The highest BCUT2D eigenvalue weighted by Gasteiger charge is 2.19. The SMILES string of the molecule is CNCC1Cc2ccc(OC)cc2N1. The molecular weight excluding hydrogens is 176 g/mol. The van der Waals surface area contributed by atoms with Crippen LogP contribution in [-0.2, 0) is 6.42 Å². The molecule has 0 radical (unpaired) electrons. The van der Waals surface area contributed by atoms with Crippen LogP contribution in [0.25, 0.3) is 0 Å². The normalized spacial score (nSPS) is 18.9. The van der Waals surface area contributed by atoms with Crippen molar-refractivity contribution < 1.29 is 4.74 Å². The first-order valence-electron chi connectivity index (χ1n) is 4.91. The van der Waals surface area contributed by atoms with Crippen LogP contribution in [-0.4, -0.2) is 26.7 Å². The van der Waals surface area contributed by atoms with Crippen LogP contribution in [0.4, 0.5) is 5.69 Å². The third kappa shape index (κ3) is 1.68. The summed E-state index contributed by atoms with van der Waals surface area (Å²) in [5.41, 5.74) is 2.59. The highest BCUT2D eigenvalue weighted by atomic mass is 16.5. The van der Waals surface area contributed by atoms with Crippen molar-refractivity contribution in [2.45, 2.75) is 12.5 Å². The molecule has 1 heterocycles. The Kier molecular flexibility index (Phi) is 2.59. The molecule has 1 unspecified atom stereocenters. The zero-order chi connectivity index (χ0) is 9.97. The fourth-order valence-electron chi connectivity index (χ4n) is 1.90. The van der Waals surface area contributed by atoms with Crippen molar-refractivity contribution in [2.75, 3.05) is 26.0 Å². The molecule has 1 atom stereocenters. The van der Waals surface area contributed by atoms with Gasteiger partial charge in [0, 0.05) is 24.3 Å². The Morgan fingerprint density at radius 1 is 1.57 bits per heavy atom. The maximum absolute atomic E-state index is 5.18. The predicted octanol–water partition coefficient (Wildman–Crippen LogP) is 1.25. The summed E-state index contributed by atoms with van der Waals surface area (Å²) in [5.74, 6) is 0.918. The van der Waals surface area contributed by atoms with Crippen molar-refractivity contribution in [3.05, 3.63) is 23.8 Å². The smallest absolute Gasteiger partial charge is 0.120 e. The second kappa shape index (κ2) is 3.88. The third-order valence-corrected chi connectivity index (χ3v) is 2.59. The number of hydrogen-bond donors (Lipinski definition) is 2. The minimum atomic E-state index is 0.516. The summed E-state index contributed by atoms with van der Waals surface area (Å²) in [6.07, 6.45) is 1.10. The van der Waals surface area contributed by atoms with Gasteiger partial charge in [0.05, 0.1) is 7.11 Å². The molecule has 0 saturated heterocycles. The Hall–Kier alpha value is -1.22. The standard InChI is InChI=1S/C11H16N2O/c1-12-7-9-5-8-3-4-10(14-2)6-11(8)13-9/h3-4,6,9,12-13H,5,7H2,1-2H3. The molecular formula is C11H16N2O. The highest BCUT2D eigenvalue weighted by molar-refractivity contribution is 5.59. The molecule has 3 heteroatoms. The van der Waals surface area contributed by atoms with E-state index in [2.05, 4.69) is 22.8 Å². The summed E-state index contributed by atoms with van der Waals surface area (Å²) in [4.78, 5) is 0. The fraction of sp³-hybridized carbons (Fsp3) is 0.455. The number of benzene rings is 1. The average molecular weight is 192 g/mol. The molecule has 0 bridgehead atoms. The molecule has 76 valence electrons. The lowest BCUT2D eigenvalue weighted by atomic mass is 10.1. The van der Waals surface area contributed by atoms with E-state index < -0.39 is 0 Å². The summed E-state index contributed by atoms with van der Waals surface area (Å²) >= 11 is 0. The maximum Gasteiger partial charge on any atom is 0.120 e. The lowest BCUT2D eigenvalue weighted by molar-refractivity contribution is 0.415. The number of rotatable bonds is 3. The molecule has 14 heavy (non-hydrogen) atoms. The van der Waals surface area contributed by atoms with Crippen LogP contribution in [0.15, 0.2) is 18.2 Å². The highest BCUT2D eigenvalue weighted by Crippen LogP contribution is 2.29. The lowest BCUT2D eigenvalue weighted by Gasteiger charge is -2.09. The Balaban J connectivity index is 2.14. The van der Waals surface area contributed by atoms with Crippen molar-refractivity contribution in [2.24, 2.45) is 0 Å². The van der Waals surface area contributed by atoms with E-state index in [0.29, 0.717) is 6.04 Å². The molecule has 3 nitrogen and oxygen atoms in total. The molecule has 1 aliphatic rings. The van der Waals surface area contributed by atoms with E-state index in [9.17, 15) is 0 Å². The Labute approximate surface area is 84.5 Å². The molecule has 0 fully saturated rings. The minimum absolute atomic E-state index is 0.516. The van der Waals surface area contributed by atoms with Gasteiger partial charge in [-0.2, -0.15) is 0 Å². The molecule has 2 rings (SSSR count). The molecule has 0 spiro atoms. The summed E-state index contributed by atoms with van der Waals surface area (Å²) in [5, 5.41) is 6.65. The van der Waals surface area contributed by atoms with E-state index in [0.717, 1.165) is 18.7 Å². The van der Waals surface area contributed by atoms with Gasteiger partial charge in [0.25, 0.3) is 0 Å². The first kappa shape index (κ1) is 9.34. The first-order chi connectivity index (χ1) is 6.83. The van der Waals surface area contributed by atoms with Crippen LogP contribution in [0.3, 0.4) is 0 Å². The average Bonchev–Trinajstić information content (AvgIpc) is 2.59. The van der Waals surface area contributed by atoms with E-state index >= 15 is 0 Å². The second-order valence-corrected chi connectivity index (χ2v) is 3.63. The summed E-state index contributed by atoms with van der Waals surface area (Å²) in [6.45, 7) is 0.997. The number of hydrogen-bond acceptors (Lipinski definition) is 3. The van der Waals surface area contributed by atoms with Gasteiger partial charge in [-0.3, -0.25) is 0 Å². The number of nitrogens with one attached hydrogen (secondary N) is 2. The van der Waals surface area contributed by atoms with Gasteiger partial charge in [0.15, 0.2) is 0 Å². The second-order valence-electron chi connectivity index (χ2n) is 3.63. The number of fused-ring (bicyclic) bond motifs is 1. The lowest BCUT2D eigenvalue weighted by Crippen LogP contribution is -2.28. The Bertz CT molecular complexity index is 325. The van der Waals surface area contributed by atoms with Crippen molar-refractivity contribution >= 4 is 5.69 Å². The number of ether oxygens (including phenoxy) is 1. The molecule has 0 amide bonds. The van der Waals surface area contributed by atoms with Crippen molar-refractivity contribution in [1.29, 1.82) is 0 Å². The summed E-state index contributed by atoms with van der Waals surface area (Å²) in [7, 11) is 3.67. The monoisotopic (exact) mass is 192 g/mol. The van der Waals surface area contributed by atoms with Gasteiger partial charge >= 0.3 is 0 Å². The largest absolute Gasteiger partial charge is 0.497 e. The van der Waals surface area contributed by atoms with E-state index in [1.165, 1.54) is 11.3 Å². The summed E-state index contributed by atoms with van der Waals surface area (Å²) in [6, 6.07) is 6.73. The van der Waals surface area contributed by atoms with Crippen molar-refractivity contribution in [1.82, 2.24) is 5.32 Å². The van der Waals surface area contributed by atoms with Crippen molar-refractivity contribution in [3.8, 4) is 5.75 Å². The molecule has 1 aromatic rings. The van der Waals surface area contributed by atoms with Crippen LogP contribution in [0.2, 0.25) is 0 Å². The Morgan fingerprint density at radius 2 is 2.43 bits per heavy atom. The van der Waals surface area contributed by atoms with E-state index in [1.807, 2.05) is 13.1 Å². The van der Waals surface area contributed by atoms with Crippen LogP contribution in [0.5, 0.6) is 5.75 Å². The van der Waals surface area contributed by atoms with Gasteiger partial charge < -0.3 is 15.4 Å². The quantitative estimate of drug-likeness (QED) is 0.756. The van der Waals surface area contributed by atoms with E-state index in [1.54, 1.807) is 7.11 Å². The van der Waals surface area contributed by atoms with Crippen LogP contribution < -0.4 is 15.4 Å². The topological polar surface area (TPSA) is 33.3 Å². The van der Waals surface area contributed by atoms with Gasteiger partial charge in [0.1, 0.15) is 5.75 Å². The molecule has 2 N–H and O–H groups in total. The van der Waals surface area contributed by atoms with E-state index in [-0.39, 0.29) is 0 Å². The predicted molar refractivity (Wildman–Crippen MR) is 58.0 cm³/mol. The van der Waals surface area contributed by atoms with Gasteiger partial charge in [-0.05, 0) is 25.1 Å². The number of anilines is 1. The third-order valence-electron chi connectivity index (χ3n) is 2.59. The fourth-order valence-corrected chi connectivity index (χ4v) is 1.90. The minimum Gasteiger partial charge on any atom is -0.497 e. The zero-order valence-electron chi connectivity index (χ0n) is 8.63. The molecule has 1 aromatic carbocycles. The summed E-state index contributed by atoms with van der Waals surface area (Å²) < 4.78 is 5.18. The Morgan fingerprint density at radius 3 is 3.14 bits per heavy atom. The molecule has 0 saturated carbocycles. The van der Waals surface area contributed by atoms with Gasteiger partial charge in [0.2, 0.25) is 0 Å². The molecule has 1 aliphatic heterocycles. The zero-order valence-corrected chi connectivity index (χ0v) is 8.63. The van der Waals surface area contributed by atoms with Crippen molar-refractivity contribution in [3.63, 3.8) is 0 Å². The molecule has 0 aromatic heterocycles. The number of likely N-dealkylation sites (N-methyl/N-ethyl adjacent to an activating group) is 1.